The van der Waals surface area contributed by atoms with Crippen LogP contribution < -0.4 is 15.4 Å². The zero-order valence-electron chi connectivity index (χ0n) is 12.4. The second kappa shape index (κ2) is 8.22. The normalized spacial score (nSPS) is 20.7. The summed E-state index contributed by atoms with van der Waals surface area (Å²) in [7, 11) is 0. The SMILES string of the molecule is CCOc1cc(C(=O)NCC2CNCC2O)ccc1C.Cl. The molecule has 0 aliphatic carbocycles. The van der Waals surface area contributed by atoms with Crippen LogP contribution in [-0.4, -0.2) is 43.4 Å². The van der Waals surface area contributed by atoms with Gasteiger partial charge >= 0.3 is 0 Å². The van der Waals surface area contributed by atoms with Crippen LogP contribution in [0.25, 0.3) is 0 Å². The molecule has 0 saturated carbocycles. The first-order valence-corrected chi connectivity index (χ1v) is 7.02. The van der Waals surface area contributed by atoms with E-state index >= 15 is 0 Å². The van der Waals surface area contributed by atoms with E-state index in [2.05, 4.69) is 10.6 Å². The van der Waals surface area contributed by atoms with Crippen molar-refractivity contribution in [1.82, 2.24) is 10.6 Å². The van der Waals surface area contributed by atoms with E-state index in [9.17, 15) is 9.90 Å². The molecular formula is C15H23ClN2O3. The highest BCUT2D eigenvalue weighted by Gasteiger charge is 2.25. The Bertz CT molecular complexity index is 482. The molecule has 0 spiro atoms. The van der Waals surface area contributed by atoms with Crippen LogP contribution in [0.15, 0.2) is 18.2 Å². The average Bonchev–Trinajstić information content (AvgIpc) is 2.84. The van der Waals surface area contributed by atoms with Crippen LogP contribution in [0.2, 0.25) is 0 Å². The van der Waals surface area contributed by atoms with Crippen LogP contribution in [0.3, 0.4) is 0 Å². The third-order valence-corrected chi connectivity index (χ3v) is 3.58. The van der Waals surface area contributed by atoms with E-state index in [1.54, 1.807) is 12.1 Å². The Hall–Kier alpha value is -1.30. The summed E-state index contributed by atoms with van der Waals surface area (Å²) in [6.07, 6.45) is -0.382. The van der Waals surface area contributed by atoms with Gasteiger partial charge in [0.25, 0.3) is 5.91 Å². The molecule has 1 aliphatic rings. The summed E-state index contributed by atoms with van der Waals surface area (Å²) in [5.74, 6) is 0.684. The summed E-state index contributed by atoms with van der Waals surface area (Å²) in [6.45, 7) is 6.25. The van der Waals surface area contributed by atoms with Crippen LogP contribution in [-0.2, 0) is 0 Å². The second-order valence-electron chi connectivity index (χ2n) is 5.11. The first-order chi connectivity index (χ1) is 9.61. The Morgan fingerprint density at radius 1 is 1.48 bits per heavy atom. The van der Waals surface area contributed by atoms with Gasteiger partial charge in [0.05, 0.1) is 12.7 Å². The minimum atomic E-state index is -0.382. The minimum absolute atomic E-state index is 0. The number of aliphatic hydroxyl groups excluding tert-OH is 1. The first kappa shape index (κ1) is 17.8. The van der Waals surface area contributed by atoms with E-state index in [0.717, 1.165) is 17.9 Å². The summed E-state index contributed by atoms with van der Waals surface area (Å²) in [5, 5.41) is 15.7. The van der Waals surface area contributed by atoms with Gasteiger partial charge in [0.15, 0.2) is 0 Å². The summed E-state index contributed by atoms with van der Waals surface area (Å²) in [6, 6.07) is 5.43. The monoisotopic (exact) mass is 314 g/mol. The Balaban J connectivity index is 0.00000220. The number of amides is 1. The maximum absolute atomic E-state index is 12.1. The van der Waals surface area contributed by atoms with Gasteiger partial charge in [-0.15, -0.1) is 12.4 Å². The smallest absolute Gasteiger partial charge is 0.251 e. The maximum Gasteiger partial charge on any atom is 0.251 e. The van der Waals surface area contributed by atoms with Gasteiger partial charge in [0.2, 0.25) is 0 Å². The largest absolute Gasteiger partial charge is 0.494 e. The lowest BCUT2D eigenvalue weighted by Gasteiger charge is -2.15. The molecule has 1 aromatic rings. The fourth-order valence-corrected chi connectivity index (χ4v) is 2.31. The lowest BCUT2D eigenvalue weighted by molar-refractivity contribution is 0.0926. The van der Waals surface area contributed by atoms with E-state index in [1.807, 2.05) is 19.9 Å². The van der Waals surface area contributed by atoms with Crippen LogP contribution in [0, 0.1) is 12.8 Å². The number of rotatable bonds is 5. The lowest BCUT2D eigenvalue weighted by Crippen LogP contribution is -2.34. The molecule has 1 aliphatic heterocycles. The van der Waals surface area contributed by atoms with Gasteiger partial charge in [0.1, 0.15) is 5.75 Å². The molecule has 0 bridgehead atoms. The van der Waals surface area contributed by atoms with Crippen molar-refractivity contribution >= 4 is 18.3 Å². The number of ether oxygens (including phenoxy) is 1. The van der Waals surface area contributed by atoms with Crippen LogP contribution in [0.4, 0.5) is 0 Å². The number of carbonyl (C=O) groups excluding carboxylic acids is 1. The van der Waals surface area contributed by atoms with Gasteiger partial charge in [0, 0.05) is 31.1 Å². The lowest BCUT2D eigenvalue weighted by atomic mass is 10.1. The first-order valence-electron chi connectivity index (χ1n) is 7.02. The van der Waals surface area contributed by atoms with Crippen LogP contribution >= 0.6 is 12.4 Å². The van der Waals surface area contributed by atoms with Crippen LogP contribution in [0.1, 0.15) is 22.8 Å². The molecular weight excluding hydrogens is 292 g/mol. The molecule has 1 saturated heterocycles. The van der Waals surface area contributed by atoms with Gasteiger partial charge in [-0.1, -0.05) is 6.07 Å². The minimum Gasteiger partial charge on any atom is -0.494 e. The highest BCUT2D eigenvalue weighted by molar-refractivity contribution is 5.94. The quantitative estimate of drug-likeness (QED) is 0.762. The third-order valence-electron chi connectivity index (χ3n) is 3.58. The van der Waals surface area contributed by atoms with Crippen molar-refractivity contribution in [3.8, 4) is 5.75 Å². The van der Waals surface area contributed by atoms with Gasteiger partial charge in [-0.3, -0.25) is 4.79 Å². The number of carbonyl (C=O) groups is 1. The molecule has 6 heteroatoms. The number of β-amino-alcohol motifs (C(OH)–C–C–N with tert-alkyl or cyclic N) is 1. The summed E-state index contributed by atoms with van der Waals surface area (Å²) in [4.78, 5) is 12.1. The predicted molar refractivity (Wildman–Crippen MR) is 84.3 cm³/mol. The van der Waals surface area contributed by atoms with E-state index in [4.69, 9.17) is 4.74 Å². The van der Waals surface area contributed by atoms with Crippen molar-refractivity contribution in [2.45, 2.75) is 20.0 Å². The Labute approximate surface area is 131 Å². The van der Waals surface area contributed by atoms with Crippen molar-refractivity contribution in [3.05, 3.63) is 29.3 Å². The summed E-state index contributed by atoms with van der Waals surface area (Å²) < 4.78 is 5.49. The Morgan fingerprint density at radius 2 is 2.24 bits per heavy atom. The molecule has 1 heterocycles. The predicted octanol–water partition coefficient (Wildman–Crippen LogP) is 1.13. The highest BCUT2D eigenvalue weighted by atomic mass is 35.5. The van der Waals surface area contributed by atoms with Crippen molar-refractivity contribution in [3.63, 3.8) is 0 Å². The number of aliphatic hydroxyl groups is 1. The van der Waals surface area contributed by atoms with Crippen LogP contribution in [0.5, 0.6) is 5.75 Å². The van der Waals surface area contributed by atoms with Gasteiger partial charge in [-0.2, -0.15) is 0 Å². The summed E-state index contributed by atoms with van der Waals surface area (Å²) >= 11 is 0. The van der Waals surface area contributed by atoms with Crippen molar-refractivity contribution < 1.29 is 14.6 Å². The van der Waals surface area contributed by atoms with Gasteiger partial charge in [-0.25, -0.2) is 0 Å². The molecule has 0 radical (unpaired) electrons. The standard InChI is InChI=1S/C15H22N2O3.ClH/c1-3-20-14-6-11(5-4-10(14)2)15(19)17-8-12-7-16-9-13(12)18;/h4-6,12-13,16,18H,3,7-9H2,1-2H3,(H,17,19);1H. The van der Waals surface area contributed by atoms with Crippen molar-refractivity contribution in [1.29, 1.82) is 0 Å². The number of aryl methyl sites for hydroxylation is 1. The van der Waals surface area contributed by atoms with E-state index in [-0.39, 0.29) is 30.3 Å². The van der Waals surface area contributed by atoms with E-state index in [1.165, 1.54) is 0 Å². The molecule has 1 aromatic carbocycles. The second-order valence-corrected chi connectivity index (χ2v) is 5.11. The molecule has 0 aromatic heterocycles. The molecule has 2 rings (SSSR count). The Morgan fingerprint density at radius 3 is 2.86 bits per heavy atom. The number of halogens is 1. The fourth-order valence-electron chi connectivity index (χ4n) is 2.31. The Kier molecular flexibility index (Phi) is 6.95. The molecule has 118 valence electrons. The highest BCUT2D eigenvalue weighted by Crippen LogP contribution is 2.19. The molecule has 21 heavy (non-hydrogen) atoms. The van der Waals surface area contributed by atoms with Gasteiger partial charge < -0.3 is 20.5 Å². The molecule has 1 fully saturated rings. The van der Waals surface area contributed by atoms with Crippen molar-refractivity contribution in [2.75, 3.05) is 26.2 Å². The topological polar surface area (TPSA) is 70.6 Å². The molecule has 2 atom stereocenters. The number of hydrogen-bond acceptors (Lipinski definition) is 4. The van der Waals surface area contributed by atoms with Gasteiger partial charge in [-0.05, 0) is 31.5 Å². The van der Waals surface area contributed by atoms with E-state index < -0.39 is 0 Å². The molecule has 2 unspecified atom stereocenters. The molecule has 1 amide bonds. The van der Waals surface area contributed by atoms with Crippen molar-refractivity contribution in [2.24, 2.45) is 5.92 Å². The molecule has 5 nitrogen and oxygen atoms in total. The molecule has 3 N–H and O–H groups in total. The zero-order chi connectivity index (χ0) is 14.5. The maximum atomic E-state index is 12.1. The number of hydrogen-bond donors (Lipinski definition) is 3. The van der Waals surface area contributed by atoms with E-state index in [0.29, 0.717) is 25.3 Å². The third kappa shape index (κ3) is 4.59. The fraction of sp³-hybridized carbons (Fsp3) is 0.533. The summed E-state index contributed by atoms with van der Waals surface area (Å²) in [5.41, 5.74) is 1.60. The number of nitrogens with one attached hydrogen (secondary N) is 2. The average molecular weight is 315 g/mol. The number of benzene rings is 1. The zero-order valence-corrected chi connectivity index (χ0v) is 13.2.